The SMILES string of the molecule is CC(C)c1cc(C(=O)NCCSSCCC(=O)O)nn1C(C)(C)C. The van der Waals surface area contributed by atoms with Crippen LogP contribution in [-0.4, -0.2) is 44.8 Å². The molecule has 0 aliphatic heterocycles. The molecule has 0 bridgehead atoms. The summed E-state index contributed by atoms with van der Waals surface area (Å²) in [7, 11) is 3.07. The Morgan fingerprint density at radius 3 is 2.42 bits per heavy atom. The quantitative estimate of drug-likeness (QED) is 0.510. The zero-order valence-electron chi connectivity index (χ0n) is 15.0. The second-order valence-corrected chi connectivity index (χ2v) is 9.44. The maximum Gasteiger partial charge on any atom is 0.304 e. The van der Waals surface area contributed by atoms with E-state index in [1.807, 2.05) is 10.7 Å². The molecule has 136 valence electrons. The summed E-state index contributed by atoms with van der Waals surface area (Å²) in [6, 6.07) is 1.86. The van der Waals surface area contributed by atoms with Crippen LogP contribution < -0.4 is 5.32 Å². The molecule has 1 aromatic rings. The van der Waals surface area contributed by atoms with Crippen LogP contribution in [0.1, 0.15) is 63.1 Å². The van der Waals surface area contributed by atoms with E-state index in [-0.39, 0.29) is 17.9 Å². The number of aliphatic carboxylic acids is 1. The third-order valence-corrected chi connectivity index (χ3v) is 5.56. The molecule has 8 heteroatoms. The monoisotopic (exact) mass is 373 g/mol. The van der Waals surface area contributed by atoms with Gasteiger partial charge in [-0.3, -0.25) is 14.3 Å². The van der Waals surface area contributed by atoms with Crippen molar-refractivity contribution in [3.63, 3.8) is 0 Å². The molecule has 6 nitrogen and oxygen atoms in total. The Morgan fingerprint density at radius 2 is 1.92 bits per heavy atom. The fourth-order valence-corrected chi connectivity index (χ4v) is 3.88. The molecule has 0 aromatic carbocycles. The average Bonchev–Trinajstić information content (AvgIpc) is 2.91. The van der Waals surface area contributed by atoms with Gasteiger partial charge in [0.15, 0.2) is 0 Å². The van der Waals surface area contributed by atoms with E-state index in [1.54, 1.807) is 10.8 Å². The second kappa shape index (κ2) is 9.36. The molecule has 0 unspecified atom stereocenters. The van der Waals surface area contributed by atoms with E-state index in [2.05, 4.69) is 45.0 Å². The van der Waals surface area contributed by atoms with E-state index >= 15 is 0 Å². The molecular weight excluding hydrogens is 346 g/mol. The van der Waals surface area contributed by atoms with Crippen LogP contribution in [0.25, 0.3) is 0 Å². The lowest BCUT2D eigenvalue weighted by molar-refractivity contribution is -0.136. The summed E-state index contributed by atoms with van der Waals surface area (Å²) in [6.07, 6.45) is 0.159. The van der Waals surface area contributed by atoms with Gasteiger partial charge in [0, 0.05) is 23.7 Å². The highest BCUT2D eigenvalue weighted by atomic mass is 33.1. The Kier molecular flexibility index (Phi) is 8.15. The highest BCUT2D eigenvalue weighted by Gasteiger charge is 2.23. The molecule has 1 heterocycles. The predicted molar refractivity (Wildman–Crippen MR) is 101 cm³/mol. The third kappa shape index (κ3) is 6.76. The number of carbonyl (C=O) groups is 2. The van der Waals surface area contributed by atoms with Crippen LogP contribution in [0.4, 0.5) is 0 Å². The van der Waals surface area contributed by atoms with Gasteiger partial charge in [-0.2, -0.15) is 5.10 Å². The van der Waals surface area contributed by atoms with Gasteiger partial charge in [0.1, 0.15) is 5.69 Å². The van der Waals surface area contributed by atoms with E-state index < -0.39 is 5.97 Å². The number of aromatic nitrogens is 2. The second-order valence-electron chi connectivity index (χ2n) is 6.74. The predicted octanol–water partition coefficient (Wildman–Crippen LogP) is 3.35. The smallest absolute Gasteiger partial charge is 0.304 e. The molecule has 0 aliphatic rings. The number of carboxylic acid groups (broad SMARTS) is 1. The molecule has 0 aliphatic carbocycles. The van der Waals surface area contributed by atoms with Gasteiger partial charge in [-0.25, -0.2) is 0 Å². The first kappa shape index (κ1) is 20.9. The number of carboxylic acids is 1. The molecule has 0 radical (unpaired) electrons. The Labute approximate surface area is 151 Å². The summed E-state index contributed by atoms with van der Waals surface area (Å²) in [4.78, 5) is 22.7. The van der Waals surface area contributed by atoms with Gasteiger partial charge in [-0.15, -0.1) is 0 Å². The fraction of sp³-hybridized carbons (Fsp3) is 0.688. The third-order valence-electron chi connectivity index (χ3n) is 3.15. The number of nitrogens with zero attached hydrogens (tertiary/aromatic N) is 2. The van der Waals surface area contributed by atoms with Gasteiger partial charge >= 0.3 is 5.97 Å². The zero-order chi connectivity index (χ0) is 18.3. The molecule has 0 saturated heterocycles. The van der Waals surface area contributed by atoms with Crippen LogP contribution in [0.15, 0.2) is 6.07 Å². The van der Waals surface area contributed by atoms with E-state index in [0.29, 0.717) is 23.9 Å². The summed E-state index contributed by atoms with van der Waals surface area (Å²) in [5.74, 6) is 0.636. The summed E-state index contributed by atoms with van der Waals surface area (Å²) in [5.41, 5.74) is 1.32. The number of rotatable bonds is 9. The lowest BCUT2D eigenvalue weighted by atomic mass is 10.1. The molecule has 1 aromatic heterocycles. The van der Waals surface area contributed by atoms with E-state index in [1.165, 1.54) is 10.8 Å². The molecule has 1 amide bonds. The lowest BCUT2D eigenvalue weighted by Gasteiger charge is -2.23. The standard InChI is InChI=1S/C16H27N3O3S2/c1-11(2)13-10-12(18-19(13)16(3,4)5)15(22)17-7-9-24-23-8-6-14(20)21/h10-11H,6-9H2,1-5H3,(H,17,22)(H,20,21). The first-order chi connectivity index (χ1) is 11.1. The molecule has 0 spiro atoms. The summed E-state index contributed by atoms with van der Waals surface area (Å²) in [6.45, 7) is 10.9. The van der Waals surface area contributed by atoms with Gasteiger partial charge < -0.3 is 10.4 Å². The minimum absolute atomic E-state index is 0.159. The average molecular weight is 374 g/mol. The minimum Gasteiger partial charge on any atom is -0.481 e. The Balaban J connectivity index is 2.49. The van der Waals surface area contributed by atoms with E-state index in [4.69, 9.17) is 5.11 Å². The van der Waals surface area contributed by atoms with Crippen LogP contribution >= 0.6 is 21.6 Å². The number of carbonyl (C=O) groups excluding carboxylic acids is 1. The van der Waals surface area contributed by atoms with Crippen molar-refractivity contribution in [3.8, 4) is 0 Å². The molecule has 24 heavy (non-hydrogen) atoms. The summed E-state index contributed by atoms with van der Waals surface area (Å²) < 4.78 is 1.92. The maximum absolute atomic E-state index is 12.3. The fourth-order valence-electron chi connectivity index (χ4n) is 2.00. The van der Waals surface area contributed by atoms with Crippen molar-refractivity contribution in [2.45, 2.75) is 52.5 Å². The number of hydrogen-bond donors (Lipinski definition) is 2. The number of amides is 1. The van der Waals surface area contributed by atoms with Crippen molar-refractivity contribution in [2.24, 2.45) is 0 Å². The van der Waals surface area contributed by atoms with Crippen LogP contribution in [0.3, 0.4) is 0 Å². The van der Waals surface area contributed by atoms with Crippen LogP contribution in [0.5, 0.6) is 0 Å². The maximum atomic E-state index is 12.3. The van der Waals surface area contributed by atoms with Crippen molar-refractivity contribution in [1.82, 2.24) is 15.1 Å². The molecule has 2 N–H and O–H groups in total. The topological polar surface area (TPSA) is 84.2 Å². The highest BCUT2D eigenvalue weighted by Crippen LogP contribution is 2.24. The van der Waals surface area contributed by atoms with Gasteiger partial charge in [-0.05, 0) is 32.8 Å². The minimum atomic E-state index is -0.785. The van der Waals surface area contributed by atoms with Gasteiger partial charge in [0.05, 0.1) is 12.0 Å². The Bertz CT molecular complexity index is 565. The van der Waals surface area contributed by atoms with E-state index in [9.17, 15) is 9.59 Å². The molecule has 0 fully saturated rings. The number of hydrogen-bond acceptors (Lipinski definition) is 5. The largest absolute Gasteiger partial charge is 0.481 e. The van der Waals surface area contributed by atoms with Crippen molar-refractivity contribution in [1.29, 1.82) is 0 Å². The first-order valence-electron chi connectivity index (χ1n) is 7.97. The Hall–Kier alpha value is -1.15. The molecular formula is C16H27N3O3S2. The van der Waals surface area contributed by atoms with E-state index in [0.717, 1.165) is 11.4 Å². The van der Waals surface area contributed by atoms with Gasteiger partial charge in [0.25, 0.3) is 5.91 Å². The summed E-state index contributed by atoms with van der Waals surface area (Å²) in [5, 5.41) is 15.9. The molecule has 0 saturated carbocycles. The normalized spacial score (nSPS) is 11.8. The van der Waals surface area contributed by atoms with Gasteiger partial charge in [0.2, 0.25) is 0 Å². The van der Waals surface area contributed by atoms with Crippen LogP contribution in [0, 0.1) is 0 Å². The molecule has 0 atom stereocenters. The van der Waals surface area contributed by atoms with Crippen molar-refractivity contribution >= 4 is 33.5 Å². The zero-order valence-corrected chi connectivity index (χ0v) is 16.6. The molecule has 1 rings (SSSR count). The summed E-state index contributed by atoms with van der Waals surface area (Å²) >= 11 is 0. The van der Waals surface area contributed by atoms with Gasteiger partial charge in [-0.1, -0.05) is 35.4 Å². The lowest BCUT2D eigenvalue weighted by Crippen LogP contribution is -2.28. The Morgan fingerprint density at radius 1 is 1.29 bits per heavy atom. The van der Waals surface area contributed by atoms with Crippen LogP contribution in [-0.2, 0) is 10.3 Å². The first-order valence-corrected chi connectivity index (χ1v) is 10.5. The van der Waals surface area contributed by atoms with Crippen molar-refractivity contribution in [2.75, 3.05) is 18.1 Å². The number of nitrogens with one attached hydrogen (secondary N) is 1. The van der Waals surface area contributed by atoms with Crippen LogP contribution in [0.2, 0.25) is 0 Å². The highest BCUT2D eigenvalue weighted by molar-refractivity contribution is 8.76. The van der Waals surface area contributed by atoms with Crippen molar-refractivity contribution < 1.29 is 14.7 Å². The van der Waals surface area contributed by atoms with Crippen molar-refractivity contribution in [3.05, 3.63) is 17.5 Å².